The fourth-order valence-electron chi connectivity index (χ4n) is 3.77. The summed E-state index contributed by atoms with van der Waals surface area (Å²) < 4.78 is 11.0. The number of hydrogen-bond acceptors (Lipinski definition) is 5. The summed E-state index contributed by atoms with van der Waals surface area (Å²) in [6.07, 6.45) is 1.15. The summed E-state index contributed by atoms with van der Waals surface area (Å²) in [5, 5.41) is 0.510. The van der Waals surface area contributed by atoms with Crippen molar-refractivity contribution < 1.29 is 19.1 Å². The van der Waals surface area contributed by atoms with E-state index in [1.807, 2.05) is 42.5 Å². The van der Waals surface area contributed by atoms with E-state index < -0.39 is 10.9 Å². The number of rotatable bonds is 6. The van der Waals surface area contributed by atoms with E-state index in [-0.39, 0.29) is 25.1 Å². The number of amides is 1. The maximum Gasteiger partial charge on any atom is 0.329 e. The van der Waals surface area contributed by atoms with Gasteiger partial charge in [0.2, 0.25) is 5.91 Å². The van der Waals surface area contributed by atoms with E-state index in [0.29, 0.717) is 29.4 Å². The van der Waals surface area contributed by atoms with Crippen molar-refractivity contribution in [2.24, 2.45) is 0 Å². The Morgan fingerprint density at radius 3 is 2.68 bits per heavy atom. The second-order valence-electron chi connectivity index (χ2n) is 6.69. The Kier molecular flexibility index (Phi) is 5.51. The van der Waals surface area contributed by atoms with Crippen molar-refractivity contribution in [2.75, 3.05) is 19.0 Å². The molecule has 4 rings (SSSR count). The van der Waals surface area contributed by atoms with Gasteiger partial charge in [-0.3, -0.25) is 4.79 Å². The highest BCUT2D eigenvalue weighted by Crippen LogP contribution is 2.54. The van der Waals surface area contributed by atoms with Gasteiger partial charge in [-0.05, 0) is 24.1 Å². The van der Waals surface area contributed by atoms with Gasteiger partial charge in [0.05, 0.1) is 5.02 Å². The molecule has 2 atom stereocenters. The fraction of sp³-hybridized carbons (Fsp3) is 0.333. The van der Waals surface area contributed by atoms with E-state index in [0.717, 1.165) is 5.56 Å². The molecule has 5 nitrogen and oxygen atoms in total. The van der Waals surface area contributed by atoms with Crippen LogP contribution >= 0.6 is 23.4 Å². The lowest BCUT2D eigenvalue weighted by molar-refractivity contribution is -0.154. The van der Waals surface area contributed by atoms with Gasteiger partial charge in [-0.15, -0.1) is 11.8 Å². The molecule has 0 bridgehead atoms. The minimum atomic E-state index is -0.569. The Hall–Kier alpha value is -2.18. The molecule has 0 N–H and O–H groups in total. The van der Waals surface area contributed by atoms with Gasteiger partial charge in [0.1, 0.15) is 29.9 Å². The molecular formula is C21H20ClNO4S. The number of para-hydroxylation sites is 1. The van der Waals surface area contributed by atoms with Crippen molar-refractivity contribution in [2.45, 2.75) is 23.8 Å². The first-order valence-corrected chi connectivity index (χ1v) is 10.5. The molecule has 2 aliphatic heterocycles. The summed E-state index contributed by atoms with van der Waals surface area (Å²) in [5.41, 5.74) is 1.06. The second-order valence-corrected chi connectivity index (χ2v) is 8.39. The smallest absolute Gasteiger partial charge is 0.329 e. The number of carbonyl (C=O) groups is 2. The van der Waals surface area contributed by atoms with Crippen molar-refractivity contribution in [3.05, 3.63) is 65.2 Å². The fourth-order valence-corrected chi connectivity index (χ4v) is 5.59. The third-order valence-corrected chi connectivity index (χ3v) is 6.95. The second kappa shape index (κ2) is 8.05. The molecule has 0 aromatic heterocycles. The number of esters is 1. The number of benzene rings is 2. The average Bonchev–Trinajstić information content (AvgIpc) is 3.26. The normalized spacial score (nSPS) is 23.5. The first-order chi connectivity index (χ1) is 13.6. The van der Waals surface area contributed by atoms with Crippen molar-refractivity contribution in [3.8, 4) is 5.75 Å². The molecular weight excluding hydrogens is 398 g/mol. The summed E-state index contributed by atoms with van der Waals surface area (Å²) >= 11 is 7.69. The molecule has 0 spiro atoms. The molecule has 0 unspecified atom stereocenters. The Morgan fingerprint density at radius 1 is 1.14 bits per heavy atom. The molecule has 2 aliphatic rings. The highest BCUT2D eigenvalue weighted by molar-refractivity contribution is 8.00. The van der Waals surface area contributed by atoms with Crippen LogP contribution in [0.15, 0.2) is 54.6 Å². The molecule has 2 fully saturated rings. The third kappa shape index (κ3) is 3.47. The van der Waals surface area contributed by atoms with Crippen LogP contribution in [0.2, 0.25) is 5.02 Å². The summed E-state index contributed by atoms with van der Waals surface area (Å²) in [5.74, 6) is 0.700. The molecule has 7 heteroatoms. The SMILES string of the molecule is O=C(OCCOc1ccccc1Cl)[C@H]1CS[C@]2(c3ccccc3)CCC(=O)N12. The van der Waals surface area contributed by atoms with Crippen molar-refractivity contribution >= 4 is 35.2 Å². The van der Waals surface area contributed by atoms with Gasteiger partial charge in [-0.1, -0.05) is 54.1 Å². The van der Waals surface area contributed by atoms with Crippen molar-refractivity contribution in [1.82, 2.24) is 4.90 Å². The van der Waals surface area contributed by atoms with Crippen LogP contribution in [-0.2, 0) is 19.2 Å². The molecule has 0 saturated carbocycles. The van der Waals surface area contributed by atoms with Crippen LogP contribution in [0.1, 0.15) is 18.4 Å². The van der Waals surface area contributed by atoms with Crippen molar-refractivity contribution in [3.63, 3.8) is 0 Å². The van der Waals surface area contributed by atoms with E-state index in [9.17, 15) is 9.59 Å². The third-order valence-electron chi connectivity index (χ3n) is 5.05. The number of hydrogen-bond donors (Lipinski definition) is 0. The number of ether oxygens (including phenoxy) is 2. The lowest BCUT2D eigenvalue weighted by Crippen LogP contribution is -2.46. The molecule has 0 aliphatic carbocycles. The number of halogens is 1. The molecule has 2 aromatic rings. The standard InChI is InChI=1S/C21H20ClNO4S/c22-16-8-4-5-9-18(16)26-12-13-27-20(25)17-14-28-21(11-10-19(24)23(17)21)15-6-2-1-3-7-15/h1-9,17H,10-14H2/t17-,21+/m1/s1. The lowest BCUT2D eigenvalue weighted by Gasteiger charge is -2.33. The molecule has 146 valence electrons. The van der Waals surface area contributed by atoms with Crippen LogP contribution in [0, 0.1) is 0 Å². The van der Waals surface area contributed by atoms with E-state index in [2.05, 4.69) is 0 Å². The van der Waals surface area contributed by atoms with Gasteiger partial charge in [0.25, 0.3) is 0 Å². The maximum absolute atomic E-state index is 12.7. The minimum absolute atomic E-state index is 0.00289. The zero-order chi connectivity index (χ0) is 19.6. The number of thioether (sulfide) groups is 1. The van der Waals surface area contributed by atoms with Gasteiger partial charge < -0.3 is 14.4 Å². The van der Waals surface area contributed by atoms with Crippen LogP contribution in [-0.4, -0.2) is 41.8 Å². The zero-order valence-corrected chi connectivity index (χ0v) is 16.7. The summed E-state index contributed by atoms with van der Waals surface area (Å²) in [6, 6.07) is 16.5. The van der Waals surface area contributed by atoms with Gasteiger partial charge in [0.15, 0.2) is 0 Å². The Morgan fingerprint density at radius 2 is 1.89 bits per heavy atom. The average molecular weight is 418 g/mol. The topological polar surface area (TPSA) is 55.8 Å². The van der Waals surface area contributed by atoms with E-state index in [1.165, 1.54) is 0 Å². The quantitative estimate of drug-likeness (QED) is 0.527. The Bertz CT molecular complexity index is 878. The summed E-state index contributed by atoms with van der Waals surface area (Å²) in [4.78, 5) is 26.5. The van der Waals surface area contributed by atoms with E-state index in [1.54, 1.807) is 28.8 Å². The largest absolute Gasteiger partial charge is 0.488 e. The predicted octanol–water partition coefficient (Wildman–Crippen LogP) is 3.85. The van der Waals surface area contributed by atoms with Crippen LogP contribution in [0.3, 0.4) is 0 Å². The highest BCUT2D eigenvalue weighted by atomic mass is 35.5. The molecule has 2 aromatic carbocycles. The predicted molar refractivity (Wildman–Crippen MR) is 108 cm³/mol. The van der Waals surface area contributed by atoms with E-state index >= 15 is 0 Å². The number of fused-ring (bicyclic) bond motifs is 1. The van der Waals surface area contributed by atoms with Crippen LogP contribution in [0.25, 0.3) is 0 Å². The lowest BCUT2D eigenvalue weighted by atomic mass is 10.0. The minimum Gasteiger partial charge on any atom is -0.488 e. The first-order valence-electron chi connectivity index (χ1n) is 9.17. The maximum atomic E-state index is 12.7. The molecule has 0 radical (unpaired) electrons. The van der Waals surface area contributed by atoms with Crippen LogP contribution < -0.4 is 4.74 Å². The molecule has 28 heavy (non-hydrogen) atoms. The molecule has 1 amide bonds. The van der Waals surface area contributed by atoms with Crippen LogP contribution in [0.4, 0.5) is 0 Å². The Labute approximate surface area is 172 Å². The van der Waals surface area contributed by atoms with E-state index in [4.69, 9.17) is 21.1 Å². The monoisotopic (exact) mass is 417 g/mol. The number of carbonyl (C=O) groups excluding carboxylic acids is 2. The van der Waals surface area contributed by atoms with Gasteiger partial charge >= 0.3 is 5.97 Å². The summed E-state index contributed by atoms with van der Waals surface area (Å²) in [6.45, 7) is 0.304. The molecule has 2 saturated heterocycles. The van der Waals surface area contributed by atoms with Gasteiger partial charge in [-0.25, -0.2) is 4.79 Å². The zero-order valence-electron chi connectivity index (χ0n) is 15.2. The van der Waals surface area contributed by atoms with Gasteiger partial charge in [0, 0.05) is 12.2 Å². The highest BCUT2D eigenvalue weighted by Gasteiger charge is 2.57. The first kappa shape index (κ1) is 19.2. The summed E-state index contributed by atoms with van der Waals surface area (Å²) in [7, 11) is 0. The Balaban J connectivity index is 1.38. The molecule has 2 heterocycles. The van der Waals surface area contributed by atoms with Crippen molar-refractivity contribution in [1.29, 1.82) is 0 Å². The number of nitrogens with zero attached hydrogens (tertiary/aromatic N) is 1. The van der Waals surface area contributed by atoms with Crippen LogP contribution in [0.5, 0.6) is 5.75 Å². The van der Waals surface area contributed by atoms with Gasteiger partial charge in [-0.2, -0.15) is 0 Å².